The first-order valence-electron chi connectivity index (χ1n) is 3.20. The van der Waals surface area contributed by atoms with Gasteiger partial charge in [-0.2, -0.15) is 0 Å². The summed E-state index contributed by atoms with van der Waals surface area (Å²) in [6, 6.07) is 7.17. The van der Waals surface area contributed by atoms with Gasteiger partial charge in [-0.05, 0) is 29.3 Å². The summed E-state index contributed by atoms with van der Waals surface area (Å²) in [6.45, 7) is 0. The van der Waals surface area contributed by atoms with Gasteiger partial charge in [-0.15, -0.1) is 11.6 Å². The van der Waals surface area contributed by atoms with Gasteiger partial charge in [-0.25, -0.2) is 0 Å². The Morgan fingerprint density at radius 3 is 2.67 bits per heavy atom. The van der Waals surface area contributed by atoms with Crippen LogP contribution in [0.4, 0.5) is 0 Å². The van der Waals surface area contributed by atoms with Gasteiger partial charge in [0.2, 0.25) is 5.24 Å². The molecule has 0 aromatic heterocycles. The van der Waals surface area contributed by atoms with Crippen molar-refractivity contribution in [1.29, 1.82) is 0 Å². The monoisotopic (exact) mass is 266 g/mol. The second-order valence-electron chi connectivity index (χ2n) is 2.22. The van der Waals surface area contributed by atoms with E-state index < -0.39 is 10.6 Å². The first-order valence-corrected chi connectivity index (χ1v) is 4.81. The summed E-state index contributed by atoms with van der Waals surface area (Å²) in [5.74, 6) is 0. The van der Waals surface area contributed by atoms with E-state index >= 15 is 0 Å². The van der Waals surface area contributed by atoms with Crippen LogP contribution >= 0.6 is 39.1 Å². The number of halogens is 3. The van der Waals surface area contributed by atoms with Crippen molar-refractivity contribution in [2.45, 2.75) is 5.38 Å². The molecule has 1 atom stereocenters. The van der Waals surface area contributed by atoms with Gasteiger partial charge in [0.1, 0.15) is 5.38 Å². The lowest BCUT2D eigenvalue weighted by Gasteiger charge is -2.03. The number of hydrogen-bond acceptors (Lipinski definition) is 1. The number of rotatable bonds is 2. The van der Waals surface area contributed by atoms with Crippen LogP contribution in [0.15, 0.2) is 28.7 Å². The number of benzene rings is 1. The molecule has 0 aliphatic heterocycles. The molecule has 0 saturated carbocycles. The molecular formula is C8H5BrCl2O. The predicted octanol–water partition coefficient (Wildman–Crippen LogP) is 3.49. The summed E-state index contributed by atoms with van der Waals surface area (Å²) < 4.78 is 0.878. The van der Waals surface area contributed by atoms with E-state index in [-0.39, 0.29) is 0 Å². The summed E-state index contributed by atoms with van der Waals surface area (Å²) in [4.78, 5) is 10.7. The molecule has 0 fully saturated rings. The molecule has 0 aliphatic carbocycles. The van der Waals surface area contributed by atoms with Gasteiger partial charge in [0.05, 0.1) is 0 Å². The molecule has 0 spiro atoms. The van der Waals surface area contributed by atoms with Crippen LogP contribution in [-0.2, 0) is 4.79 Å². The Morgan fingerprint density at radius 1 is 1.50 bits per heavy atom. The van der Waals surface area contributed by atoms with Crippen LogP contribution in [0.25, 0.3) is 0 Å². The molecule has 0 bridgehead atoms. The molecule has 12 heavy (non-hydrogen) atoms. The quantitative estimate of drug-likeness (QED) is 0.592. The summed E-state index contributed by atoms with van der Waals surface area (Å²) >= 11 is 14.2. The normalized spacial score (nSPS) is 12.6. The van der Waals surface area contributed by atoms with Gasteiger partial charge in [0.25, 0.3) is 0 Å². The Kier molecular flexibility index (Phi) is 3.56. The summed E-state index contributed by atoms with van der Waals surface area (Å²) in [7, 11) is 0. The smallest absolute Gasteiger partial charge is 0.244 e. The second kappa shape index (κ2) is 4.26. The molecule has 0 aliphatic rings. The molecule has 1 unspecified atom stereocenters. The molecule has 4 heteroatoms. The van der Waals surface area contributed by atoms with Crippen LogP contribution in [0.3, 0.4) is 0 Å². The van der Waals surface area contributed by atoms with Crippen LogP contribution in [0, 0.1) is 0 Å². The van der Waals surface area contributed by atoms with E-state index in [9.17, 15) is 4.79 Å². The number of carbonyl (C=O) groups excluding carboxylic acids is 1. The maximum Gasteiger partial charge on any atom is 0.244 e. The average molecular weight is 268 g/mol. The van der Waals surface area contributed by atoms with Crippen LogP contribution in [0.2, 0.25) is 0 Å². The molecule has 1 aromatic carbocycles. The number of carbonyl (C=O) groups is 1. The molecule has 1 nitrogen and oxygen atoms in total. The fraction of sp³-hybridized carbons (Fsp3) is 0.125. The van der Waals surface area contributed by atoms with E-state index in [4.69, 9.17) is 23.2 Å². The molecule has 0 amide bonds. The molecule has 0 saturated heterocycles. The van der Waals surface area contributed by atoms with Crippen LogP contribution in [0.1, 0.15) is 10.9 Å². The van der Waals surface area contributed by atoms with Crippen LogP contribution in [-0.4, -0.2) is 5.24 Å². The van der Waals surface area contributed by atoms with E-state index in [1.54, 1.807) is 18.2 Å². The minimum absolute atomic E-state index is 0.560. The molecular weight excluding hydrogens is 263 g/mol. The van der Waals surface area contributed by atoms with Crippen LogP contribution in [0.5, 0.6) is 0 Å². The van der Waals surface area contributed by atoms with Crippen molar-refractivity contribution in [3.8, 4) is 0 Å². The van der Waals surface area contributed by atoms with Gasteiger partial charge >= 0.3 is 0 Å². The fourth-order valence-corrected chi connectivity index (χ4v) is 1.47. The highest BCUT2D eigenvalue weighted by atomic mass is 79.9. The zero-order valence-electron chi connectivity index (χ0n) is 5.93. The molecule has 0 radical (unpaired) electrons. The van der Waals surface area contributed by atoms with Gasteiger partial charge in [0, 0.05) is 4.47 Å². The van der Waals surface area contributed by atoms with E-state index in [1.165, 1.54) is 0 Å². The van der Waals surface area contributed by atoms with Crippen molar-refractivity contribution < 1.29 is 4.79 Å². The van der Waals surface area contributed by atoms with Crippen molar-refractivity contribution in [3.05, 3.63) is 34.3 Å². The largest absolute Gasteiger partial charge is 0.279 e. The van der Waals surface area contributed by atoms with E-state index in [0.29, 0.717) is 5.56 Å². The third kappa shape index (κ3) is 2.47. The Hall–Kier alpha value is -0.0500. The molecule has 0 N–H and O–H groups in total. The zero-order chi connectivity index (χ0) is 9.14. The SMILES string of the molecule is O=C(Cl)C(Cl)c1cccc(Br)c1. The minimum atomic E-state index is -0.760. The molecule has 0 heterocycles. The molecule has 64 valence electrons. The highest BCUT2D eigenvalue weighted by Gasteiger charge is 2.14. The predicted molar refractivity (Wildman–Crippen MR) is 53.6 cm³/mol. The van der Waals surface area contributed by atoms with E-state index in [2.05, 4.69) is 15.9 Å². The van der Waals surface area contributed by atoms with Gasteiger partial charge in [0.15, 0.2) is 0 Å². The Balaban J connectivity index is 2.95. The van der Waals surface area contributed by atoms with Gasteiger partial charge in [-0.3, -0.25) is 4.79 Å². The Bertz CT molecular complexity index is 301. The Morgan fingerprint density at radius 2 is 2.17 bits per heavy atom. The fourth-order valence-electron chi connectivity index (χ4n) is 0.795. The standard InChI is InChI=1S/C8H5BrCl2O/c9-6-3-1-2-5(4-6)7(10)8(11)12/h1-4,7H. The topological polar surface area (TPSA) is 17.1 Å². The summed E-state index contributed by atoms with van der Waals surface area (Å²) in [5.41, 5.74) is 0.700. The number of hydrogen-bond donors (Lipinski definition) is 0. The zero-order valence-corrected chi connectivity index (χ0v) is 9.03. The lowest BCUT2D eigenvalue weighted by atomic mass is 10.2. The van der Waals surface area contributed by atoms with Crippen molar-refractivity contribution in [2.24, 2.45) is 0 Å². The van der Waals surface area contributed by atoms with Crippen molar-refractivity contribution in [3.63, 3.8) is 0 Å². The van der Waals surface area contributed by atoms with Crippen molar-refractivity contribution in [2.75, 3.05) is 0 Å². The van der Waals surface area contributed by atoms with E-state index in [1.807, 2.05) is 6.07 Å². The third-order valence-electron chi connectivity index (χ3n) is 1.34. The lowest BCUT2D eigenvalue weighted by molar-refractivity contribution is -0.111. The third-order valence-corrected chi connectivity index (χ3v) is 2.61. The second-order valence-corrected chi connectivity index (χ2v) is 3.95. The molecule has 1 rings (SSSR count). The highest BCUT2D eigenvalue weighted by Crippen LogP contribution is 2.25. The Labute approximate surface area is 88.8 Å². The van der Waals surface area contributed by atoms with Crippen molar-refractivity contribution >= 4 is 44.4 Å². The molecule has 1 aromatic rings. The summed E-state index contributed by atoms with van der Waals surface area (Å²) in [5, 5.41) is -1.32. The lowest BCUT2D eigenvalue weighted by Crippen LogP contribution is -1.98. The number of alkyl halides is 1. The highest BCUT2D eigenvalue weighted by molar-refractivity contribution is 9.10. The van der Waals surface area contributed by atoms with Crippen molar-refractivity contribution in [1.82, 2.24) is 0 Å². The van der Waals surface area contributed by atoms with Gasteiger partial charge < -0.3 is 0 Å². The van der Waals surface area contributed by atoms with Crippen LogP contribution < -0.4 is 0 Å². The average Bonchev–Trinajstić information content (AvgIpc) is 2.03. The van der Waals surface area contributed by atoms with Gasteiger partial charge in [-0.1, -0.05) is 28.1 Å². The first kappa shape index (κ1) is 10.0. The maximum absolute atomic E-state index is 10.7. The first-order chi connectivity index (χ1) is 5.61. The minimum Gasteiger partial charge on any atom is -0.279 e. The van der Waals surface area contributed by atoms with E-state index in [0.717, 1.165) is 4.47 Å². The maximum atomic E-state index is 10.7. The summed E-state index contributed by atoms with van der Waals surface area (Å²) in [6.07, 6.45) is 0.